The number of fused-ring (bicyclic) bond motifs is 2. The van der Waals surface area contributed by atoms with Crippen molar-refractivity contribution in [2.45, 2.75) is 118 Å². The number of allylic oxidation sites excluding steroid dienone is 2. The Balaban J connectivity index is 0.000000356. The van der Waals surface area contributed by atoms with Gasteiger partial charge in [-0.05, 0) is 25.7 Å². The molecule has 0 aliphatic carbocycles. The Bertz CT molecular complexity index is 1690. The number of carbonyl (C=O) groups is 1. The van der Waals surface area contributed by atoms with E-state index in [1.165, 1.54) is 27.3 Å². The van der Waals surface area contributed by atoms with Crippen molar-refractivity contribution >= 4 is 55.1 Å². The largest absolute Gasteiger partial charge is 0 e. The topological polar surface area (TPSA) is 63.1 Å². The predicted molar refractivity (Wildman–Crippen MR) is 199 cm³/mol. The van der Waals surface area contributed by atoms with Gasteiger partial charge in [-0.1, -0.05) is 41.5 Å². The Labute approximate surface area is 298 Å². The number of nitrogens with zero attached hydrogens (tertiary/aromatic N) is 2. The van der Waals surface area contributed by atoms with Gasteiger partial charge in [0.1, 0.15) is 5.76 Å². The number of ketones is 1. The van der Waals surface area contributed by atoms with Crippen LogP contribution in [0, 0.1) is 23.8 Å². The molecule has 0 fully saturated rings. The van der Waals surface area contributed by atoms with E-state index >= 15 is 0 Å². The summed E-state index contributed by atoms with van der Waals surface area (Å²) in [5.41, 5.74) is 5.35. The summed E-state index contributed by atoms with van der Waals surface area (Å²) in [5.74, 6) is 7.63. The maximum atomic E-state index is 12.2. The third kappa shape index (κ3) is 8.59. The molecule has 0 unspecified atom stereocenters. The number of carbonyl (C=O) groups excluding carboxylic acids is 1. The van der Waals surface area contributed by atoms with Crippen LogP contribution in [0.2, 0.25) is 17.3 Å². The summed E-state index contributed by atoms with van der Waals surface area (Å²) in [6.07, 6.45) is 6.47. The zero-order chi connectivity index (χ0) is 34.0. The molecule has 2 aromatic heterocycles. The summed E-state index contributed by atoms with van der Waals surface area (Å²) in [4.78, 5) is 21.6. The molecule has 0 aliphatic heterocycles. The summed E-state index contributed by atoms with van der Waals surface area (Å²) in [6, 6.07) is 14.5. The Morgan fingerprint density at radius 1 is 0.935 bits per heavy atom. The van der Waals surface area contributed by atoms with Gasteiger partial charge in [0.2, 0.25) is 0 Å². The van der Waals surface area contributed by atoms with Gasteiger partial charge < -0.3 is 5.11 Å². The Kier molecular flexibility index (Phi) is 13.6. The zero-order valence-corrected chi connectivity index (χ0v) is 35.7. The molecule has 0 saturated heterocycles. The van der Waals surface area contributed by atoms with Crippen molar-refractivity contribution in [2.24, 2.45) is 10.8 Å². The number of rotatable bonds is 9. The standard InChI is InChI=1S/C24H27GeN2S.C15H28O2.Ir/c1-15-20-22(28-23(15)25(5,6)7)21(27-14-26-20)17-12-16-10-8-9-11-18(16)19(13-17)24(2,3)4;1-7-14(5,8-2)12(16)11-13(17)15(6,9-3)10-4;/h8-11,13-14H,1-7H3;11,16H,7-10H2,1-6H3;/q-1;;/b;12-11-;. The number of hydrogen-bond acceptors (Lipinski definition) is 5. The van der Waals surface area contributed by atoms with Gasteiger partial charge in [0.25, 0.3) is 0 Å². The molecule has 2 aromatic carbocycles. The molecule has 4 aromatic rings. The molecular weight excluding hydrogens is 825 g/mol. The van der Waals surface area contributed by atoms with Crippen LogP contribution in [-0.2, 0) is 30.3 Å². The van der Waals surface area contributed by atoms with Crippen LogP contribution in [0.4, 0.5) is 0 Å². The molecule has 0 saturated carbocycles. The van der Waals surface area contributed by atoms with Crippen molar-refractivity contribution in [1.82, 2.24) is 9.97 Å². The SMILES string of the molecule is CCC(C)(CC)C(=O)/C=C(\O)C(C)(CC)CC.Cc1[c]([Ge]([CH3])([CH3])[CH3])sc2c(-c3[c-]c4ccccc4c(C(C)(C)C)c3)ncnc12.[Ir]. The second-order valence-corrected chi connectivity index (χ2v) is 27.3. The fourth-order valence-electron chi connectivity index (χ4n) is 5.59. The van der Waals surface area contributed by atoms with E-state index in [2.05, 4.69) is 86.3 Å². The molecule has 253 valence electrons. The molecule has 0 bridgehead atoms. The maximum absolute atomic E-state index is 12.2. The zero-order valence-electron chi connectivity index (χ0n) is 30.4. The van der Waals surface area contributed by atoms with Gasteiger partial charge >= 0.3 is 175 Å². The van der Waals surface area contributed by atoms with E-state index in [4.69, 9.17) is 4.98 Å². The molecule has 1 N–H and O–H groups in total. The molecule has 1 radical (unpaired) electrons. The van der Waals surface area contributed by atoms with Gasteiger partial charge in [0.15, 0.2) is 5.78 Å². The molecule has 7 heteroatoms. The number of benzene rings is 2. The molecule has 0 amide bonds. The first-order valence-corrected chi connectivity index (χ1v) is 24.7. The van der Waals surface area contributed by atoms with Crippen molar-refractivity contribution < 1.29 is 30.0 Å². The molecule has 0 aliphatic rings. The molecule has 2 heterocycles. The van der Waals surface area contributed by atoms with Crippen LogP contribution in [0.3, 0.4) is 0 Å². The molecule has 0 spiro atoms. The van der Waals surface area contributed by atoms with Gasteiger partial charge in [-0.2, -0.15) is 0 Å². The summed E-state index contributed by atoms with van der Waals surface area (Å²) in [6.45, 7) is 21.1. The average Bonchev–Trinajstić information content (AvgIpc) is 3.36. The quantitative estimate of drug-likeness (QED) is 0.0787. The first kappa shape index (κ1) is 40.3. The van der Waals surface area contributed by atoms with Crippen molar-refractivity contribution in [1.29, 1.82) is 0 Å². The fourth-order valence-corrected chi connectivity index (χ4v) is 12.1. The van der Waals surface area contributed by atoms with E-state index < -0.39 is 13.3 Å². The van der Waals surface area contributed by atoms with Gasteiger partial charge in [-0.25, -0.2) is 0 Å². The average molecular weight is 881 g/mol. The predicted octanol–water partition coefficient (Wildman–Crippen LogP) is 11.1. The molecule has 4 nitrogen and oxygen atoms in total. The maximum Gasteiger partial charge on any atom is 0 e. The Morgan fingerprint density at radius 3 is 2.02 bits per heavy atom. The molecular formula is C39H55GeIrN2O2S-. The Morgan fingerprint density at radius 2 is 1.50 bits per heavy atom. The van der Waals surface area contributed by atoms with E-state index in [9.17, 15) is 9.90 Å². The van der Waals surface area contributed by atoms with Crippen molar-refractivity contribution in [2.75, 3.05) is 0 Å². The minimum atomic E-state index is -1.96. The normalized spacial score (nSPS) is 12.9. The van der Waals surface area contributed by atoms with E-state index in [1.54, 1.807) is 10.0 Å². The summed E-state index contributed by atoms with van der Waals surface area (Å²) < 4.78 is 2.77. The second-order valence-electron chi connectivity index (χ2n) is 15.0. The van der Waals surface area contributed by atoms with E-state index in [-0.39, 0.29) is 47.9 Å². The van der Waals surface area contributed by atoms with Crippen LogP contribution < -0.4 is 3.71 Å². The van der Waals surface area contributed by atoms with Crippen molar-refractivity contribution in [3.63, 3.8) is 0 Å². The van der Waals surface area contributed by atoms with Gasteiger partial charge in [0, 0.05) is 37.0 Å². The van der Waals surface area contributed by atoms with Gasteiger partial charge in [0.05, 0.1) is 0 Å². The summed E-state index contributed by atoms with van der Waals surface area (Å²) >= 11 is -0.0523. The number of aryl methyl sites for hydroxylation is 1. The van der Waals surface area contributed by atoms with Gasteiger partial charge in [-0.15, -0.1) is 0 Å². The number of aliphatic hydroxyl groups excluding tert-OH is 1. The van der Waals surface area contributed by atoms with E-state index in [1.807, 2.05) is 52.9 Å². The van der Waals surface area contributed by atoms with Crippen molar-refractivity contribution in [3.8, 4) is 11.3 Å². The number of aliphatic hydroxyl groups is 1. The number of aromatic nitrogens is 2. The minimum absolute atomic E-state index is 0. The second kappa shape index (κ2) is 15.6. The molecule has 0 atom stereocenters. The van der Waals surface area contributed by atoms with Crippen LogP contribution in [-0.4, -0.2) is 34.1 Å². The summed E-state index contributed by atoms with van der Waals surface area (Å²) in [5, 5.41) is 12.6. The fraction of sp³-hybridized carbons (Fsp3) is 0.513. The monoisotopic (exact) mass is 882 g/mol. The smallest absolute Gasteiger partial charge is 0 e. The van der Waals surface area contributed by atoms with Crippen LogP contribution in [0.1, 0.15) is 99.1 Å². The number of thiophene rings is 1. The number of hydrogen-bond donors (Lipinski definition) is 1. The van der Waals surface area contributed by atoms with Crippen LogP contribution in [0.25, 0.3) is 32.2 Å². The van der Waals surface area contributed by atoms with E-state index in [0.29, 0.717) is 0 Å². The van der Waals surface area contributed by atoms with Crippen molar-refractivity contribution in [3.05, 3.63) is 65.7 Å². The first-order chi connectivity index (χ1) is 20.9. The van der Waals surface area contributed by atoms with Crippen LogP contribution in [0.15, 0.2) is 48.5 Å². The Hall–Kier alpha value is -1.86. The minimum Gasteiger partial charge on any atom is 0 e. The third-order valence-corrected chi connectivity index (χ3v) is 18.4. The third-order valence-electron chi connectivity index (χ3n) is 9.83. The first-order valence-electron chi connectivity index (χ1n) is 16.5. The van der Waals surface area contributed by atoms with Crippen LogP contribution >= 0.6 is 11.3 Å². The van der Waals surface area contributed by atoms with Gasteiger partial charge in [-0.3, -0.25) is 4.79 Å². The summed E-state index contributed by atoms with van der Waals surface area (Å²) in [7, 11) is 0. The van der Waals surface area contributed by atoms with Crippen LogP contribution in [0.5, 0.6) is 0 Å². The van der Waals surface area contributed by atoms with E-state index in [0.717, 1.165) is 47.8 Å². The molecule has 46 heavy (non-hydrogen) atoms. The molecule has 4 rings (SSSR count).